The number of carbonyl (C=O) groups excluding carboxylic acids is 2. The van der Waals surface area contributed by atoms with Crippen LogP contribution < -0.4 is 10.2 Å². The summed E-state index contributed by atoms with van der Waals surface area (Å²) < 4.78 is 6.62. The summed E-state index contributed by atoms with van der Waals surface area (Å²) in [7, 11) is 1.59. The predicted molar refractivity (Wildman–Crippen MR) is 127 cm³/mol. The number of thiocarbonyl (C=S) groups is 1. The second-order valence-electron chi connectivity index (χ2n) is 6.37. The Kier molecular flexibility index (Phi) is 5.90. The van der Waals surface area contributed by atoms with Gasteiger partial charge < -0.3 is 4.74 Å². The molecule has 3 aromatic rings. The summed E-state index contributed by atoms with van der Waals surface area (Å²) in [6.45, 7) is 0. The maximum atomic E-state index is 13.0. The highest BCUT2D eigenvalue weighted by atomic mass is 79.9. The smallest absolute Gasteiger partial charge is 0.285 e. The summed E-state index contributed by atoms with van der Waals surface area (Å²) in [6, 6.07) is 18.5. The zero-order chi connectivity index (χ0) is 21.3. The van der Waals surface area contributed by atoms with Crippen LogP contribution in [0.2, 0.25) is 0 Å². The molecule has 8 heteroatoms. The molecule has 0 unspecified atom stereocenters. The summed E-state index contributed by atoms with van der Waals surface area (Å²) in [4.78, 5) is 25.9. The molecule has 0 radical (unpaired) electrons. The Morgan fingerprint density at radius 2 is 1.87 bits per heavy atom. The molecule has 3 aromatic carbocycles. The Balaban J connectivity index is 1.64. The number of halogens is 1. The number of ether oxygens (including phenoxy) is 1. The topological polar surface area (TPSA) is 58.6 Å². The number of rotatable bonds is 4. The minimum Gasteiger partial charge on any atom is -0.496 e. The molecule has 4 rings (SSSR count). The van der Waals surface area contributed by atoms with Crippen molar-refractivity contribution in [2.24, 2.45) is 0 Å². The van der Waals surface area contributed by atoms with E-state index in [-0.39, 0.29) is 10.2 Å². The van der Waals surface area contributed by atoms with Crippen molar-refractivity contribution < 1.29 is 14.3 Å². The van der Waals surface area contributed by atoms with E-state index in [1.165, 1.54) is 0 Å². The van der Waals surface area contributed by atoms with E-state index in [4.69, 9.17) is 17.0 Å². The van der Waals surface area contributed by atoms with Gasteiger partial charge in [0.1, 0.15) is 5.75 Å². The first kappa shape index (κ1) is 20.6. The first-order valence-electron chi connectivity index (χ1n) is 8.88. The minimum atomic E-state index is -0.414. The fourth-order valence-electron chi connectivity index (χ4n) is 3.07. The standard InChI is InChI=1S/C22H15BrN2O3S2/c1-28-18-11-8-13-4-2-3-5-16(13)17(18)12-19-21(27)25(22(29)30-19)24-20(26)14-6-9-15(23)10-7-14/h2-12H,1H3,(H,24,26)/b19-12+. The lowest BCUT2D eigenvalue weighted by Gasteiger charge is -2.15. The van der Waals surface area contributed by atoms with Gasteiger partial charge in [-0.15, -0.1) is 0 Å². The van der Waals surface area contributed by atoms with E-state index in [0.717, 1.165) is 37.6 Å². The number of benzene rings is 3. The van der Waals surface area contributed by atoms with Crippen LogP contribution in [0, 0.1) is 0 Å². The molecule has 30 heavy (non-hydrogen) atoms. The average molecular weight is 499 g/mol. The molecule has 1 saturated heterocycles. The summed E-state index contributed by atoms with van der Waals surface area (Å²) in [6.07, 6.45) is 1.76. The number of methoxy groups -OCH3 is 1. The number of thioether (sulfide) groups is 1. The highest BCUT2D eigenvalue weighted by Crippen LogP contribution is 2.36. The molecule has 1 N–H and O–H groups in total. The second-order valence-corrected chi connectivity index (χ2v) is 8.96. The monoisotopic (exact) mass is 498 g/mol. The lowest BCUT2D eigenvalue weighted by molar-refractivity contribution is -0.123. The molecule has 0 atom stereocenters. The molecule has 150 valence electrons. The third kappa shape index (κ3) is 3.98. The number of hydrogen-bond donors (Lipinski definition) is 1. The van der Waals surface area contributed by atoms with Gasteiger partial charge in [0.15, 0.2) is 4.32 Å². The molecule has 2 amide bonds. The lowest BCUT2D eigenvalue weighted by atomic mass is 10.0. The Labute approximate surface area is 191 Å². The zero-order valence-electron chi connectivity index (χ0n) is 15.7. The van der Waals surface area contributed by atoms with E-state index >= 15 is 0 Å². The van der Waals surface area contributed by atoms with Crippen molar-refractivity contribution in [2.75, 3.05) is 7.11 Å². The number of amides is 2. The highest BCUT2D eigenvalue weighted by Gasteiger charge is 2.34. The van der Waals surface area contributed by atoms with Gasteiger partial charge in [-0.3, -0.25) is 15.0 Å². The fourth-order valence-corrected chi connectivity index (χ4v) is 4.49. The Morgan fingerprint density at radius 3 is 2.60 bits per heavy atom. The molecular weight excluding hydrogens is 484 g/mol. The molecule has 1 heterocycles. The fraction of sp³-hybridized carbons (Fsp3) is 0.0455. The number of nitrogens with zero attached hydrogens (tertiary/aromatic N) is 1. The highest BCUT2D eigenvalue weighted by molar-refractivity contribution is 9.10. The van der Waals surface area contributed by atoms with Gasteiger partial charge in [-0.25, -0.2) is 0 Å². The van der Waals surface area contributed by atoms with Crippen molar-refractivity contribution in [3.8, 4) is 5.75 Å². The van der Waals surface area contributed by atoms with Crippen LogP contribution in [0.5, 0.6) is 5.75 Å². The molecule has 0 spiro atoms. The maximum Gasteiger partial charge on any atom is 0.285 e. The molecule has 1 fully saturated rings. The number of carbonyl (C=O) groups is 2. The molecule has 1 aliphatic heterocycles. The summed E-state index contributed by atoms with van der Waals surface area (Å²) in [5.74, 6) is -0.147. The molecule has 0 bridgehead atoms. The number of hydrazine groups is 1. The van der Waals surface area contributed by atoms with E-state index in [2.05, 4.69) is 21.4 Å². The predicted octanol–water partition coefficient (Wildman–Crippen LogP) is 5.16. The lowest BCUT2D eigenvalue weighted by Crippen LogP contribution is -2.44. The van der Waals surface area contributed by atoms with Crippen LogP contribution in [0.3, 0.4) is 0 Å². The van der Waals surface area contributed by atoms with Gasteiger partial charge in [-0.1, -0.05) is 58.0 Å². The van der Waals surface area contributed by atoms with Gasteiger partial charge in [-0.05, 0) is 59.4 Å². The van der Waals surface area contributed by atoms with Gasteiger partial charge >= 0.3 is 0 Å². The first-order chi connectivity index (χ1) is 14.5. The second kappa shape index (κ2) is 8.59. The Bertz CT molecular complexity index is 1210. The van der Waals surface area contributed by atoms with E-state index in [9.17, 15) is 9.59 Å². The molecule has 0 saturated carbocycles. The van der Waals surface area contributed by atoms with Crippen LogP contribution in [0.4, 0.5) is 0 Å². The van der Waals surface area contributed by atoms with Crippen LogP contribution in [0.1, 0.15) is 15.9 Å². The number of nitrogens with one attached hydrogen (secondary N) is 1. The van der Waals surface area contributed by atoms with Gasteiger partial charge in [0.05, 0.1) is 12.0 Å². The van der Waals surface area contributed by atoms with Crippen molar-refractivity contribution in [3.63, 3.8) is 0 Å². The van der Waals surface area contributed by atoms with Crippen molar-refractivity contribution in [2.45, 2.75) is 0 Å². The molecular formula is C22H15BrN2O3S2. The maximum absolute atomic E-state index is 13.0. The first-order valence-corrected chi connectivity index (χ1v) is 10.9. The van der Waals surface area contributed by atoms with Crippen molar-refractivity contribution in [3.05, 3.63) is 81.2 Å². The largest absolute Gasteiger partial charge is 0.496 e. The van der Waals surface area contributed by atoms with E-state index < -0.39 is 5.91 Å². The van der Waals surface area contributed by atoms with Crippen LogP contribution in [0.15, 0.2) is 70.0 Å². The SMILES string of the molecule is COc1ccc2ccccc2c1/C=C1/SC(=S)N(NC(=O)c2ccc(Br)cc2)C1=O. The van der Waals surface area contributed by atoms with Crippen LogP contribution in [-0.4, -0.2) is 28.3 Å². The van der Waals surface area contributed by atoms with Gasteiger partial charge in [-0.2, -0.15) is 5.01 Å². The summed E-state index contributed by atoms with van der Waals surface area (Å²) in [5, 5.41) is 3.10. The van der Waals surface area contributed by atoms with Crippen molar-refractivity contribution >= 4 is 72.9 Å². The van der Waals surface area contributed by atoms with Gasteiger partial charge in [0.25, 0.3) is 11.8 Å². The third-order valence-corrected chi connectivity index (χ3v) is 6.37. The normalized spacial score (nSPS) is 15.1. The Morgan fingerprint density at radius 1 is 1.13 bits per heavy atom. The summed E-state index contributed by atoms with van der Waals surface area (Å²) in [5.41, 5.74) is 3.80. The van der Waals surface area contributed by atoms with Crippen molar-refractivity contribution in [1.82, 2.24) is 10.4 Å². The van der Waals surface area contributed by atoms with Crippen LogP contribution >= 0.6 is 39.9 Å². The zero-order valence-corrected chi connectivity index (χ0v) is 18.9. The van der Waals surface area contributed by atoms with Crippen LogP contribution in [-0.2, 0) is 4.79 Å². The van der Waals surface area contributed by atoms with Crippen LogP contribution in [0.25, 0.3) is 16.8 Å². The average Bonchev–Trinajstić information content (AvgIpc) is 3.01. The van der Waals surface area contributed by atoms with E-state index in [1.54, 1.807) is 37.5 Å². The van der Waals surface area contributed by atoms with Crippen molar-refractivity contribution in [1.29, 1.82) is 0 Å². The quantitative estimate of drug-likeness (QED) is 0.397. The molecule has 1 aliphatic rings. The number of hydrogen-bond acceptors (Lipinski definition) is 5. The van der Waals surface area contributed by atoms with Gasteiger partial charge in [0.2, 0.25) is 0 Å². The Hall–Kier alpha value is -2.68. The number of fused-ring (bicyclic) bond motifs is 1. The molecule has 0 aliphatic carbocycles. The third-order valence-electron chi connectivity index (χ3n) is 4.54. The van der Waals surface area contributed by atoms with Gasteiger partial charge in [0, 0.05) is 15.6 Å². The molecule has 0 aromatic heterocycles. The van der Waals surface area contributed by atoms with E-state index in [0.29, 0.717) is 16.2 Å². The summed E-state index contributed by atoms with van der Waals surface area (Å²) >= 11 is 9.80. The molecule has 5 nitrogen and oxygen atoms in total. The van der Waals surface area contributed by atoms with E-state index in [1.807, 2.05) is 36.4 Å². The minimum absolute atomic E-state index is 0.260.